The average Bonchev–Trinajstić information content (AvgIpc) is 3.26. The molecule has 11 nitrogen and oxygen atoms in total. The molecule has 3 atom stereocenters. The largest absolute Gasteiger partial charge is 0.480 e. The third kappa shape index (κ3) is 46.3. The van der Waals surface area contributed by atoms with Gasteiger partial charge in [-0.1, -0.05) is 218 Å². The summed E-state index contributed by atoms with van der Waals surface area (Å²) >= 11 is 0. The molecule has 0 saturated carbocycles. The summed E-state index contributed by atoms with van der Waals surface area (Å²) in [7, 11) is -4.76. The molecule has 0 radical (unpaired) electrons. The fourth-order valence-electron chi connectivity index (χ4n) is 7.47. The van der Waals surface area contributed by atoms with Gasteiger partial charge in [-0.15, -0.1) is 0 Å². The number of aliphatic hydroxyl groups is 1. The van der Waals surface area contributed by atoms with Crippen LogP contribution in [0.3, 0.4) is 0 Å². The van der Waals surface area contributed by atoms with Crippen LogP contribution in [-0.2, 0) is 32.7 Å². The number of esters is 1. The Bertz CT molecular complexity index is 1160. The molecule has 4 N–H and O–H groups in total. The molecule has 0 bridgehead atoms. The topological polar surface area (TPSA) is 169 Å². The minimum atomic E-state index is -4.76. The zero-order valence-corrected chi connectivity index (χ0v) is 41.3. The number of ether oxygens (including phenoxy) is 1. The highest BCUT2D eigenvalue weighted by Crippen LogP contribution is 2.43. The SMILES string of the molecule is CCCCC/C=C\C/C=C\CCCCCCCC(=O)OCC(O)COP(=O)(O)OCC(NC(=O)CCCCCCCCCCCCCCCCCCCCCCCCCC)C(=O)O. The second-order valence-electron chi connectivity index (χ2n) is 17.7. The molecule has 3 unspecified atom stereocenters. The minimum Gasteiger partial charge on any atom is -0.480 e. The van der Waals surface area contributed by atoms with Crippen LogP contribution in [0.4, 0.5) is 0 Å². The quantitative estimate of drug-likeness (QED) is 0.0199. The Kier molecular flexibility index (Phi) is 45.0. The maximum Gasteiger partial charge on any atom is 0.472 e. The summed E-state index contributed by atoms with van der Waals surface area (Å²) in [4.78, 5) is 46.1. The molecule has 0 fully saturated rings. The first kappa shape index (κ1) is 61.0. The normalized spacial score (nSPS) is 13.7. The van der Waals surface area contributed by atoms with Crippen molar-refractivity contribution in [2.45, 2.75) is 264 Å². The molecule has 12 heteroatoms. The van der Waals surface area contributed by atoms with Gasteiger partial charge in [0, 0.05) is 12.8 Å². The van der Waals surface area contributed by atoms with Crippen molar-refractivity contribution in [3.8, 4) is 0 Å². The van der Waals surface area contributed by atoms with Crippen molar-refractivity contribution in [3.05, 3.63) is 24.3 Å². The van der Waals surface area contributed by atoms with E-state index in [4.69, 9.17) is 13.8 Å². The monoisotopic (exact) mass is 914 g/mol. The van der Waals surface area contributed by atoms with E-state index in [9.17, 15) is 34.1 Å². The highest BCUT2D eigenvalue weighted by atomic mass is 31.2. The summed E-state index contributed by atoms with van der Waals surface area (Å²) in [5.74, 6) is -2.37. The smallest absolute Gasteiger partial charge is 0.472 e. The van der Waals surface area contributed by atoms with Crippen LogP contribution in [0.1, 0.15) is 251 Å². The van der Waals surface area contributed by atoms with Gasteiger partial charge in [0.2, 0.25) is 5.91 Å². The van der Waals surface area contributed by atoms with E-state index in [2.05, 4.69) is 43.5 Å². The third-order valence-electron chi connectivity index (χ3n) is 11.5. The van der Waals surface area contributed by atoms with Gasteiger partial charge in [-0.3, -0.25) is 18.6 Å². The summed E-state index contributed by atoms with van der Waals surface area (Å²) in [6.07, 6.45) is 50.6. The molecule has 0 spiro atoms. The maximum absolute atomic E-state index is 12.4. The molecule has 63 heavy (non-hydrogen) atoms. The van der Waals surface area contributed by atoms with Crippen molar-refractivity contribution in [2.75, 3.05) is 19.8 Å². The molecule has 370 valence electrons. The van der Waals surface area contributed by atoms with Crippen LogP contribution >= 0.6 is 7.82 Å². The van der Waals surface area contributed by atoms with E-state index in [1.54, 1.807) is 0 Å². The van der Waals surface area contributed by atoms with Crippen molar-refractivity contribution in [1.29, 1.82) is 0 Å². The number of allylic oxidation sites excluding steroid dienone is 4. The highest BCUT2D eigenvalue weighted by molar-refractivity contribution is 7.47. The van der Waals surface area contributed by atoms with Crippen molar-refractivity contribution in [3.63, 3.8) is 0 Å². The van der Waals surface area contributed by atoms with Crippen LogP contribution < -0.4 is 5.32 Å². The summed E-state index contributed by atoms with van der Waals surface area (Å²) < 4.78 is 26.9. The second kappa shape index (κ2) is 46.5. The van der Waals surface area contributed by atoms with Gasteiger partial charge in [-0.25, -0.2) is 9.36 Å². The number of carbonyl (C=O) groups excluding carboxylic acids is 2. The van der Waals surface area contributed by atoms with E-state index in [0.717, 1.165) is 64.2 Å². The standard InChI is InChI=1S/C51H96NO10P/c1-3-5-7-9-11-13-15-17-19-20-21-22-23-24-25-26-27-29-30-32-34-36-38-40-42-49(54)52-48(51(56)57)46-62-63(58,59)61-45-47(53)44-60-50(55)43-41-39-37-35-33-31-28-18-16-14-12-10-8-6-4-2/h12,14,18,28,47-48,53H,3-11,13,15-17,19-27,29-46H2,1-2H3,(H,52,54)(H,56,57)(H,58,59)/b14-12-,28-18-. The summed E-state index contributed by atoms with van der Waals surface area (Å²) in [5, 5.41) is 21.9. The van der Waals surface area contributed by atoms with E-state index in [0.29, 0.717) is 12.8 Å². The Morgan fingerprint density at radius 1 is 0.508 bits per heavy atom. The van der Waals surface area contributed by atoms with Crippen LogP contribution in [0.25, 0.3) is 0 Å². The highest BCUT2D eigenvalue weighted by Gasteiger charge is 2.28. The Balaban J connectivity index is 3.79. The first-order valence-electron chi connectivity index (χ1n) is 25.9. The van der Waals surface area contributed by atoms with Gasteiger partial charge in [-0.2, -0.15) is 0 Å². The van der Waals surface area contributed by atoms with E-state index >= 15 is 0 Å². The predicted molar refractivity (Wildman–Crippen MR) is 259 cm³/mol. The van der Waals surface area contributed by atoms with E-state index in [1.165, 1.54) is 148 Å². The molecule has 0 aliphatic rings. The number of amides is 1. The van der Waals surface area contributed by atoms with Crippen LogP contribution in [-0.4, -0.2) is 64.9 Å². The van der Waals surface area contributed by atoms with Crippen LogP contribution in [0, 0.1) is 0 Å². The molecule has 0 saturated heterocycles. The number of rotatable bonds is 49. The lowest BCUT2D eigenvalue weighted by Crippen LogP contribution is -2.43. The van der Waals surface area contributed by atoms with Gasteiger partial charge in [-0.05, 0) is 44.9 Å². The van der Waals surface area contributed by atoms with Crippen LogP contribution in [0.15, 0.2) is 24.3 Å². The summed E-state index contributed by atoms with van der Waals surface area (Å²) in [6.45, 7) is 2.59. The number of carboxylic acid groups (broad SMARTS) is 1. The Morgan fingerprint density at radius 3 is 1.32 bits per heavy atom. The molecular formula is C51H96NO10P. The molecule has 0 aliphatic carbocycles. The number of hydrogen-bond donors (Lipinski definition) is 4. The van der Waals surface area contributed by atoms with Crippen molar-refractivity contribution < 1.29 is 47.8 Å². The number of phosphoric acid groups is 1. The number of aliphatic hydroxyl groups excluding tert-OH is 1. The fraction of sp³-hybridized carbons (Fsp3) is 0.863. The molecule has 0 aromatic heterocycles. The first-order valence-corrected chi connectivity index (χ1v) is 27.4. The van der Waals surface area contributed by atoms with E-state index in [-0.39, 0.29) is 12.8 Å². The predicted octanol–water partition coefficient (Wildman–Crippen LogP) is 14.2. The Labute approximate surface area is 385 Å². The van der Waals surface area contributed by atoms with Gasteiger partial charge >= 0.3 is 19.8 Å². The molecular weight excluding hydrogens is 818 g/mol. The molecule has 0 heterocycles. The lowest BCUT2D eigenvalue weighted by Gasteiger charge is -2.18. The van der Waals surface area contributed by atoms with Gasteiger partial charge in [0.25, 0.3) is 0 Å². The number of nitrogens with one attached hydrogen (secondary N) is 1. The number of unbranched alkanes of at least 4 members (excludes halogenated alkanes) is 31. The van der Waals surface area contributed by atoms with Gasteiger partial charge in [0.15, 0.2) is 6.04 Å². The summed E-state index contributed by atoms with van der Waals surface area (Å²) in [6, 6.07) is -1.55. The number of hydrogen-bond acceptors (Lipinski definition) is 8. The number of carboxylic acids is 1. The average molecular weight is 914 g/mol. The lowest BCUT2D eigenvalue weighted by molar-refractivity contribution is -0.147. The van der Waals surface area contributed by atoms with Crippen molar-refractivity contribution in [2.24, 2.45) is 0 Å². The van der Waals surface area contributed by atoms with Gasteiger partial charge in [0.1, 0.15) is 12.7 Å². The first-order chi connectivity index (χ1) is 30.6. The molecule has 0 rings (SSSR count). The van der Waals surface area contributed by atoms with Crippen molar-refractivity contribution in [1.82, 2.24) is 5.32 Å². The zero-order valence-electron chi connectivity index (χ0n) is 40.4. The van der Waals surface area contributed by atoms with Gasteiger partial charge < -0.3 is 25.2 Å². The van der Waals surface area contributed by atoms with Crippen LogP contribution in [0.2, 0.25) is 0 Å². The number of phosphoric ester groups is 1. The minimum absolute atomic E-state index is 0.150. The van der Waals surface area contributed by atoms with E-state index < -0.39 is 57.6 Å². The molecule has 0 aliphatic heterocycles. The number of carbonyl (C=O) groups is 3. The Morgan fingerprint density at radius 2 is 0.873 bits per heavy atom. The van der Waals surface area contributed by atoms with Crippen molar-refractivity contribution >= 4 is 25.7 Å². The molecule has 0 aromatic rings. The summed E-state index contributed by atoms with van der Waals surface area (Å²) in [5.41, 5.74) is 0. The maximum atomic E-state index is 12.4. The third-order valence-corrected chi connectivity index (χ3v) is 12.4. The number of aliphatic carboxylic acids is 1. The van der Waals surface area contributed by atoms with Crippen LogP contribution in [0.5, 0.6) is 0 Å². The zero-order chi connectivity index (χ0) is 46.3. The molecule has 1 amide bonds. The lowest BCUT2D eigenvalue weighted by atomic mass is 10.0. The Hall–Kier alpha value is -2.04. The second-order valence-corrected chi connectivity index (χ2v) is 19.2. The van der Waals surface area contributed by atoms with E-state index in [1.807, 2.05) is 0 Å². The van der Waals surface area contributed by atoms with Gasteiger partial charge in [0.05, 0.1) is 13.2 Å². The molecule has 0 aromatic carbocycles. The fourth-order valence-corrected chi connectivity index (χ4v) is 8.24.